The summed E-state index contributed by atoms with van der Waals surface area (Å²) in [7, 11) is 4.72. The summed E-state index contributed by atoms with van der Waals surface area (Å²) in [5.74, 6) is 1.70. The Morgan fingerprint density at radius 2 is 1.62 bits per heavy atom. The number of carbonyl (C=O) groups is 2. The lowest BCUT2D eigenvalue weighted by Gasteiger charge is -2.21. The molecule has 29 heavy (non-hydrogen) atoms. The molecule has 0 spiro atoms. The molecule has 2 amide bonds. The summed E-state index contributed by atoms with van der Waals surface area (Å²) in [4.78, 5) is 26.3. The van der Waals surface area contributed by atoms with Crippen molar-refractivity contribution >= 4 is 12.0 Å². The zero-order chi connectivity index (χ0) is 20.8. The fraction of sp³-hybridized carbons (Fsp3) is 0.333. The van der Waals surface area contributed by atoms with Crippen LogP contribution in [0.1, 0.15) is 11.1 Å². The molecule has 8 heteroatoms. The Morgan fingerprint density at radius 1 is 1.00 bits per heavy atom. The quantitative estimate of drug-likeness (QED) is 0.732. The Morgan fingerprint density at radius 3 is 2.21 bits per heavy atom. The molecule has 2 aromatic carbocycles. The van der Waals surface area contributed by atoms with Crippen LogP contribution in [-0.2, 0) is 22.6 Å². The number of cyclic esters (lactones) is 1. The average Bonchev–Trinajstić information content (AvgIpc) is 3.12. The number of carbonyl (C=O) groups excluding carboxylic acids is 2. The Balaban J connectivity index is 1.65. The van der Waals surface area contributed by atoms with Crippen LogP contribution in [0.4, 0.5) is 4.79 Å². The van der Waals surface area contributed by atoms with Gasteiger partial charge < -0.3 is 24.3 Å². The minimum absolute atomic E-state index is 0.0161. The van der Waals surface area contributed by atoms with E-state index in [9.17, 15) is 9.59 Å². The Kier molecular flexibility index (Phi) is 6.43. The first kappa shape index (κ1) is 20.3. The molecular weight excluding hydrogens is 376 g/mol. The van der Waals surface area contributed by atoms with Gasteiger partial charge in [-0.25, -0.2) is 4.79 Å². The lowest BCUT2D eigenvalue weighted by Crippen LogP contribution is -2.45. The number of nitrogens with one attached hydrogen (secondary N) is 1. The van der Waals surface area contributed by atoms with Crippen LogP contribution < -0.4 is 19.5 Å². The van der Waals surface area contributed by atoms with Gasteiger partial charge in [0.05, 0.1) is 27.9 Å². The first-order valence-corrected chi connectivity index (χ1v) is 9.10. The Hall–Kier alpha value is -3.42. The topological polar surface area (TPSA) is 86.3 Å². The van der Waals surface area contributed by atoms with Gasteiger partial charge in [0.25, 0.3) is 0 Å². The van der Waals surface area contributed by atoms with Gasteiger partial charge in [0, 0.05) is 12.6 Å². The van der Waals surface area contributed by atoms with E-state index in [1.165, 1.54) is 4.90 Å². The number of methoxy groups -OCH3 is 3. The van der Waals surface area contributed by atoms with Crippen molar-refractivity contribution in [1.29, 1.82) is 0 Å². The van der Waals surface area contributed by atoms with Crippen molar-refractivity contribution in [2.75, 3.05) is 27.9 Å². The van der Waals surface area contributed by atoms with Crippen LogP contribution in [0.25, 0.3) is 0 Å². The molecule has 0 aliphatic carbocycles. The zero-order valence-electron chi connectivity index (χ0n) is 16.6. The van der Waals surface area contributed by atoms with Gasteiger partial charge in [0.15, 0.2) is 0 Å². The maximum absolute atomic E-state index is 12.7. The molecule has 8 nitrogen and oxygen atoms in total. The summed E-state index contributed by atoms with van der Waals surface area (Å²) >= 11 is 0. The van der Waals surface area contributed by atoms with E-state index in [1.807, 2.05) is 36.4 Å². The van der Waals surface area contributed by atoms with E-state index in [-0.39, 0.29) is 25.6 Å². The fourth-order valence-electron chi connectivity index (χ4n) is 3.05. The number of benzene rings is 2. The average molecular weight is 400 g/mol. The molecule has 2 aromatic rings. The summed E-state index contributed by atoms with van der Waals surface area (Å²) in [5.41, 5.74) is 1.70. The van der Waals surface area contributed by atoms with Gasteiger partial charge in [0.2, 0.25) is 5.91 Å². The lowest BCUT2D eigenvalue weighted by atomic mass is 10.1. The minimum atomic E-state index is -0.697. The number of hydrogen-bond donors (Lipinski definition) is 1. The highest BCUT2D eigenvalue weighted by Crippen LogP contribution is 2.23. The second kappa shape index (κ2) is 9.18. The summed E-state index contributed by atoms with van der Waals surface area (Å²) < 4.78 is 20.7. The maximum Gasteiger partial charge on any atom is 0.410 e. The van der Waals surface area contributed by atoms with Crippen molar-refractivity contribution in [1.82, 2.24) is 10.2 Å². The number of amides is 2. The highest BCUT2D eigenvalue weighted by Gasteiger charge is 2.37. The molecule has 0 saturated carbocycles. The largest absolute Gasteiger partial charge is 0.497 e. The third-order valence-corrected chi connectivity index (χ3v) is 4.67. The lowest BCUT2D eigenvalue weighted by molar-refractivity contribution is -0.125. The van der Waals surface area contributed by atoms with Gasteiger partial charge in [-0.3, -0.25) is 9.69 Å². The van der Waals surface area contributed by atoms with Gasteiger partial charge in [-0.2, -0.15) is 0 Å². The smallest absolute Gasteiger partial charge is 0.410 e. The van der Waals surface area contributed by atoms with Crippen molar-refractivity contribution in [2.45, 2.75) is 19.1 Å². The predicted octanol–water partition coefficient (Wildman–Crippen LogP) is 2.35. The highest BCUT2D eigenvalue weighted by molar-refractivity contribution is 5.87. The number of ether oxygens (including phenoxy) is 4. The van der Waals surface area contributed by atoms with E-state index in [4.69, 9.17) is 18.9 Å². The van der Waals surface area contributed by atoms with Crippen LogP contribution in [0.15, 0.2) is 42.5 Å². The van der Waals surface area contributed by atoms with Crippen LogP contribution >= 0.6 is 0 Å². The number of rotatable bonds is 8. The number of nitrogens with zero attached hydrogens (tertiary/aromatic N) is 1. The summed E-state index contributed by atoms with van der Waals surface area (Å²) in [5, 5.41) is 2.85. The van der Waals surface area contributed by atoms with Gasteiger partial charge in [-0.15, -0.1) is 0 Å². The third kappa shape index (κ3) is 4.90. The first-order chi connectivity index (χ1) is 14.0. The van der Waals surface area contributed by atoms with Crippen molar-refractivity contribution < 1.29 is 28.5 Å². The van der Waals surface area contributed by atoms with E-state index in [1.54, 1.807) is 27.4 Å². The van der Waals surface area contributed by atoms with E-state index in [0.717, 1.165) is 16.9 Å². The van der Waals surface area contributed by atoms with Gasteiger partial charge in [-0.1, -0.05) is 12.1 Å². The van der Waals surface area contributed by atoms with Crippen molar-refractivity contribution in [2.24, 2.45) is 0 Å². The summed E-state index contributed by atoms with van der Waals surface area (Å²) in [6, 6.07) is 12.0. The van der Waals surface area contributed by atoms with Gasteiger partial charge in [-0.05, 0) is 35.4 Å². The molecule has 0 aromatic heterocycles. The minimum Gasteiger partial charge on any atom is -0.497 e. The van der Waals surface area contributed by atoms with Crippen LogP contribution in [-0.4, -0.2) is 50.9 Å². The van der Waals surface area contributed by atoms with Crippen LogP contribution in [0.2, 0.25) is 0 Å². The first-order valence-electron chi connectivity index (χ1n) is 9.10. The Labute approximate surface area is 169 Å². The third-order valence-electron chi connectivity index (χ3n) is 4.67. The van der Waals surface area contributed by atoms with E-state index >= 15 is 0 Å². The molecule has 0 bridgehead atoms. The summed E-state index contributed by atoms with van der Waals surface area (Å²) in [6.07, 6.45) is -0.510. The SMILES string of the molecule is COc1ccc(CN2C(=O)OC[C@H]2C(=O)NCc2cc(OC)cc(OC)c2)cc1. The Bertz CT molecular complexity index is 846. The van der Waals surface area contributed by atoms with E-state index < -0.39 is 12.1 Å². The standard InChI is InChI=1S/C21H24N2O6/c1-26-16-6-4-14(5-7-16)12-23-19(13-29-21(23)25)20(24)22-11-15-8-17(27-2)10-18(9-15)28-3/h4-10,19H,11-13H2,1-3H3,(H,22,24)/t19-/m0/s1. The van der Waals surface area contributed by atoms with Crippen LogP contribution in [0, 0.1) is 0 Å². The molecule has 1 fully saturated rings. The normalized spacial score (nSPS) is 15.6. The molecule has 1 saturated heterocycles. The van der Waals surface area contributed by atoms with Crippen molar-refractivity contribution in [3.8, 4) is 17.2 Å². The molecule has 1 aliphatic heterocycles. The highest BCUT2D eigenvalue weighted by atomic mass is 16.6. The predicted molar refractivity (Wildman–Crippen MR) is 105 cm³/mol. The zero-order valence-corrected chi connectivity index (χ0v) is 16.6. The van der Waals surface area contributed by atoms with Crippen LogP contribution in [0.3, 0.4) is 0 Å². The van der Waals surface area contributed by atoms with Crippen molar-refractivity contribution in [3.63, 3.8) is 0 Å². The van der Waals surface area contributed by atoms with Gasteiger partial charge in [0.1, 0.15) is 29.9 Å². The van der Waals surface area contributed by atoms with Crippen molar-refractivity contribution in [3.05, 3.63) is 53.6 Å². The molecule has 154 valence electrons. The molecule has 1 N–H and O–H groups in total. The molecule has 3 rings (SSSR count). The summed E-state index contributed by atoms with van der Waals surface area (Å²) in [6.45, 7) is 0.559. The van der Waals surface area contributed by atoms with Gasteiger partial charge >= 0.3 is 6.09 Å². The number of hydrogen-bond acceptors (Lipinski definition) is 6. The van der Waals surface area contributed by atoms with E-state index in [0.29, 0.717) is 11.5 Å². The van der Waals surface area contributed by atoms with Crippen LogP contribution in [0.5, 0.6) is 17.2 Å². The second-order valence-electron chi connectivity index (χ2n) is 6.51. The molecule has 0 radical (unpaired) electrons. The molecule has 1 atom stereocenters. The maximum atomic E-state index is 12.7. The molecule has 0 unspecified atom stereocenters. The second-order valence-corrected chi connectivity index (χ2v) is 6.51. The molecule has 1 heterocycles. The fourth-order valence-corrected chi connectivity index (χ4v) is 3.05. The molecule has 1 aliphatic rings. The molecular formula is C21H24N2O6. The monoisotopic (exact) mass is 400 g/mol. The van der Waals surface area contributed by atoms with E-state index in [2.05, 4.69) is 5.32 Å².